The number of fused-ring (bicyclic) bond motifs is 1. The van der Waals surface area contributed by atoms with Gasteiger partial charge < -0.3 is 10.6 Å². The van der Waals surface area contributed by atoms with E-state index in [9.17, 15) is 9.59 Å². The molecule has 0 aliphatic heterocycles. The SMILES string of the molecule is Cc1nn(-c2ccc(Cl)cc2)c2sc(C(=O)NCCNC(=O)C3CC3)cc12. The smallest absolute Gasteiger partial charge is 0.261 e. The third kappa shape index (κ3) is 3.84. The Balaban J connectivity index is 1.46. The lowest BCUT2D eigenvalue weighted by atomic mass is 10.3. The van der Waals surface area contributed by atoms with Crippen molar-refractivity contribution in [3.63, 3.8) is 0 Å². The van der Waals surface area contributed by atoms with Gasteiger partial charge in [0.25, 0.3) is 5.91 Å². The van der Waals surface area contributed by atoms with E-state index in [0.717, 1.165) is 34.4 Å². The Labute approximate surface area is 165 Å². The maximum absolute atomic E-state index is 12.4. The average Bonchev–Trinajstić information content (AvgIpc) is 3.34. The molecule has 0 atom stereocenters. The van der Waals surface area contributed by atoms with Gasteiger partial charge in [-0.3, -0.25) is 9.59 Å². The van der Waals surface area contributed by atoms with E-state index < -0.39 is 0 Å². The summed E-state index contributed by atoms with van der Waals surface area (Å²) in [6, 6.07) is 9.30. The number of benzene rings is 1. The van der Waals surface area contributed by atoms with Crippen LogP contribution in [0.25, 0.3) is 15.9 Å². The van der Waals surface area contributed by atoms with Crippen molar-refractivity contribution in [3.05, 3.63) is 45.9 Å². The van der Waals surface area contributed by atoms with E-state index in [-0.39, 0.29) is 17.7 Å². The van der Waals surface area contributed by atoms with Crippen molar-refractivity contribution in [1.82, 2.24) is 20.4 Å². The van der Waals surface area contributed by atoms with Crippen LogP contribution >= 0.6 is 22.9 Å². The first-order valence-electron chi connectivity index (χ1n) is 8.84. The number of nitrogens with one attached hydrogen (secondary N) is 2. The third-order valence-electron chi connectivity index (χ3n) is 4.50. The minimum atomic E-state index is -0.140. The van der Waals surface area contributed by atoms with Gasteiger partial charge >= 0.3 is 0 Å². The standard InChI is InChI=1S/C19H19ClN4O2S/c1-11-15-10-16(18(26)22-9-8-21-17(25)12-2-3-12)27-19(15)24(23-11)14-6-4-13(20)5-7-14/h4-7,10,12H,2-3,8-9H2,1H3,(H,21,25)(H,22,26). The van der Waals surface area contributed by atoms with Crippen molar-refractivity contribution in [2.45, 2.75) is 19.8 Å². The molecule has 6 nitrogen and oxygen atoms in total. The largest absolute Gasteiger partial charge is 0.354 e. The highest BCUT2D eigenvalue weighted by Crippen LogP contribution is 2.31. The number of halogens is 1. The van der Waals surface area contributed by atoms with Crippen molar-refractivity contribution < 1.29 is 9.59 Å². The predicted molar refractivity (Wildman–Crippen MR) is 107 cm³/mol. The molecule has 1 aliphatic rings. The molecule has 0 saturated heterocycles. The Hall–Kier alpha value is -2.38. The van der Waals surface area contributed by atoms with E-state index in [2.05, 4.69) is 15.7 Å². The molecule has 1 fully saturated rings. The van der Waals surface area contributed by atoms with Crippen molar-refractivity contribution in [2.75, 3.05) is 13.1 Å². The van der Waals surface area contributed by atoms with Crippen LogP contribution in [-0.4, -0.2) is 34.7 Å². The summed E-state index contributed by atoms with van der Waals surface area (Å²) >= 11 is 7.36. The molecule has 0 radical (unpaired) electrons. The summed E-state index contributed by atoms with van der Waals surface area (Å²) in [6.07, 6.45) is 1.95. The van der Waals surface area contributed by atoms with E-state index in [1.807, 2.05) is 41.9 Å². The molecule has 0 unspecified atom stereocenters. The van der Waals surface area contributed by atoms with E-state index >= 15 is 0 Å². The number of thiophene rings is 1. The molecule has 2 N–H and O–H groups in total. The minimum Gasteiger partial charge on any atom is -0.354 e. The lowest BCUT2D eigenvalue weighted by molar-refractivity contribution is -0.122. The Bertz CT molecular complexity index is 1000. The first-order chi connectivity index (χ1) is 13.0. The van der Waals surface area contributed by atoms with Gasteiger partial charge in [-0.05, 0) is 50.1 Å². The molecular formula is C19H19ClN4O2S. The highest BCUT2D eigenvalue weighted by atomic mass is 35.5. The van der Waals surface area contributed by atoms with Crippen LogP contribution in [0.15, 0.2) is 30.3 Å². The van der Waals surface area contributed by atoms with Crippen LogP contribution in [0.1, 0.15) is 28.2 Å². The summed E-state index contributed by atoms with van der Waals surface area (Å²) in [5, 5.41) is 11.9. The molecular weight excluding hydrogens is 384 g/mol. The van der Waals surface area contributed by atoms with Crippen molar-refractivity contribution >= 4 is 45.0 Å². The number of hydrogen-bond donors (Lipinski definition) is 2. The molecule has 8 heteroatoms. The second kappa shape index (κ2) is 7.32. The van der Waals surface area contributed by atoms with Crippen molar-refractivity contribution in [1.29, 1.82) is 0 Å². The van der Waals surface area contributed by atoms with Crippen LogP contribution in [0.5, 0.6) is 0 Å². The first kappa shape index (κ1) is 18.0. The summed E-state index contributed by atoms with van der Waals surface area (Å²) < 4.78 is 1.83. The maximum Gasteiger partial charge on any atom is 0.261 e. The number of rotatable bonds is 6. The number of amides is 2. The first-order valence-corrected chi connectivity index (χ1v) is 10.0. The summed E-state index contributed by atoms with van der Waals surface area (Å²) in [5.74, 6) is 0.130. The minimum absolute atomic E-state index is 0.0878. The second-order valence-electron chi connectivity index (χ2n) is 6.62. The molecule has 1 aromatic carbocycles. The van der Waals surface area contributed by atoms with Gasteiger partial charge in [-0.1, -0.05) is 11.6 Å². The monoisotopic (exact) mass is 402 g/mol. The Morgan fingerprint density at radius 1 is 1.22 bits per heavy atom. The second-order valence-corrected chi connectivity index (χ2v) is 8.09. The number of hydrogen-bond acceptors (Lipinski definition) is 4. The zero-order valence-corrected chi connectivity index (χ0v) is 16.4. The summed E-state index contributed by atoms with van der Waals surface area (Å²) in [4.78, 5) is 25.6. The zero-order chi connectivity index (χ0) is 19.0. The molecule has 3 aromatic rings. The van der Waals surface area contributed by atoms with Crippen LogP contribution < -0.4 is 10.6 Å². The lowest BCUT2D eigenvalue weighted by Crippen LogP contribution is -2.35. The molecule has 1 saturated carbocycles. The van der Waals surface area contributed by atoms with E-state index in [1.54, 1.807) is 0 Å². The molecule has 2 aromatic heterocycles. The van der Waals surface area contributed by atoms with E-state index in [0.29, 0.717) is 23.0 Å². The van der Waals surface area contributed by atoms with Crippen molar-refractivity contribution in [3.8, 4) is 5.69 Å². The fourth-order valence-electron chi connectivity index (χ4n) is 2.86. The van der Waals surface area contributed by atoms with Crippen LogP contribution in [0.3, 0.4) is 0 Å². The Kier molecular flexibility index (Phi) is 4.88. The molecule has 0 bridgehead atoms. The lowest BCUT2D eigenvalue weighted by Gasteiger charge is -2.05. The summed E-state index contributed by atoms with van der Waals surface area (Å²) in [5.41, 5.74) is 1.76. The fourth-order valence-corrected chi connectivity index (χ4v) is 4.08. The van der Waals surface area contributed by atoms with Gasteiger partial charge in [0.1, 0.15) is 4.83 Å². The van der Waals surface area contributed by atoms with E-state index in [1.165, 1.54) is 11.3 Å². The molecule has 0 spiro atoms. The molecule has 2 amide bonds. The van der Waals surface area contributed by atoms with Gasteiger partial charge in [-0.25, -0.2) is 4.68 Å². The van der Waals surface area contributed by atoms with Gasteiger partial charge in [0.2, 0.25) is 5.91 Å². The maximum atomic E-state index is 12.4. The summed E-state index contributed by atoms with van der Waals surface area (Å²) in [6.45, 7) is 2.79. The summed E-state index contributed by atoms with van der Waals surface area (Å²) in [7, 11) is 0. The topological polar surface area (TPSA) is 76.0 Å². The van der Waals surface area contributed by atoms with Crippen LogP contribution in [0.2, 0.25) is 5.02 Å². The molecule has 27 heavy (non-hydrogen) atoms. The number of aromatic nitrogens is 2. The highest BCUT2D eigenvalue weighted by Gasteiger charge is 2.29. The van der Waals surface area contributed by atoms with Gasteiger partial charge in [0.15, 0.2) is 0 Å². The number of carbonyl (C=O) groups is 2. The Morgan fingerprint density at radius 2 is 1.93 bits per heavy atom. The highest BCUT2D eigenvalue weighted by molar-refractivity contribution is 7.20. The number of nitrogens with zero attached hydrogens (tertiary/aromatic N) is 2. The van der Waals surface area contributed by atoms with Gasteiger partial charge in [-0.15, -0.1) is 11.3 Å². The van der Waals surface area contributed by atoms with Crippen molar-refractivity contribution in [2.24, 2.45) is 5.92 Å². The van der Waals surface area contributed by atoms with Crippen LogP contribution in [-0.2, 0) is 4.79 Å². The van der Waals surface area contributed by atoms with E-state index in [4.69, 9.17) is 11.6 Å². The van der Waals surface area contributed by atoms with Gasteiger partial charge in [0, 0.05) is 29.4 Å². The predicted octanol–water partition coefficient (Wildman–Crippen LogP) is 3.30. The normalized spacial score (nSPS) is 13.7. The average molecular weight is 403 g/mol. The molecule has 1 aliphatic carbocycles. The third-order valence-corrected chi connectivity index (χ3v) is 5.86. The van der Waals surface area contributed by atoms with Crippen LogP contribution in [0.4, 0.5) is 0 Å². The number of carbonyl (C=O) groups excluding carboxylic acids is 2. The molecule has 4 rings (SSSR count). The van der Waals surface area contributed by atoms with Crippen LogP contribution in [0, 0.1) is 12.8 Å². The fraction of sp³-hybridized carbons (Fsp3) is 0.316. The van der Waals surface area contributed by atoms with Gasteiger partial charge in [0.05, 0.1) is 16.3 Å². The van der Waals surface area contributed by atoms with Gasteiger partial charge in [-0.2, -0.15) is 5.10 Å². The quantitative estimate of drug-likeness (QED) is 0.621. The Morgan fingerprint density at radius 3 is 2.63 bits per heavy atom. The molecule has 2 heterocycles. The molecule has 140 valence electrons. The number of aryl methyl sites for hydroxylation is 1. The zero-order valence-electron chi connectivity index (χ0n) is 14.8.